The molecule has 1 spiro atoms. The number of nitrogen functional groups attached to an aromatic ring is 1. The fourth-order valence-electron chi connectivity index (χ4n) is 3.64. The topological polar surface area (TPSA) is 107 Å². The number of nitrogens with two attached hydrogens (primary N) is 1. The van der Waals surface area contributed by atoms with Crippen LogP contribution in [0.3, 0.4) is 0 Å². The summed E-state index contributed by atoms with van der Waals surface area (Å²) in [7, 11) is 0. The summed E-state index contributed by atoms with van der Waals surface area (Å²) in [5.74, 6) is -0.642. The molecule has 1 aromatic carbocycles. The number of rotatable bonds is 3. The van der Waals surface area contributed by atoms with Crippen molar-refractivity contribution in [3.05, 3.63) is 57.9 Å². The highest BCUT2D eigenvalue weighted by Crippen LogP contribution is 2.56. The largest absolute Gasteiger partial charge is 0.458 e. The molecule has 1 aliphatic heterocycles. The van der Waals surface area contributed by atoms with Gasteiger partial charge in [0.05, 0.1) is 5.57 Å². The molecule has 7 nitrogen and oxygen atoms in total. The van der Waals surface area contributed by atoms with Crippen LogP contribution < -0.4 is 11.1 Å². The Bertz CT molecular complexity index is 1020. The lowest BCUT2D eigenvalue weighted by molar-refractivity contribution is -0.139. The Hall–Kier alpha value is -2.87. The molecule has 1 amide bonds. The molecule has 1 aliphatic carbocycles. The molecule has 0 fully saturated rings. The maximum atomic E-state index is 13.1. The Morgan fingerprint density at radius 3 is 3.04 bits per heavy atom. The number of nitrogens with one attached hydrogen (secondary N) is 1. The van der Waals surface area contributed by atoms with Gasteiger partial charge in [-0.05, 0) is 30.7 Å². The van der Waals surface area contributed by atoms with Crippen LogP contribution in [0.4, 0.5) is 6.01 Å². The van der Waals surface area contributed by atoms with E-state index in [1.54, 1.807) is 19.1 Å². The SMILES string of the molecule is C=CCOC(=O)C1=C(C)NC(=O)[C@@]12c1cc(Br)ccc1-c1oc(N)nc12. The van der Waals surface area contributed by atoms with Crippen LogP contribution in [0.5, 0.6) is 0 Å². The number of fused-ring (bicyclic) bond motifs is 5. The molecule has 0 bridgehead atoms. The molecule has 4 rings (SSSR count). The zero-order valence-electron chi connectivity index (χ0n) is 13.8. The van der Waals surface area contributed by atoms with Gasteiger partial charge in [-0.25, -0.2) is 4.79 Å². The summed E-state index contributed by atoms with van der Waals surface area (Å²) in [6.45, 7) is 5.22. The Balaban J connectivity index is 2.04. The Morgan fingerprint density at radius 1 is 1.54 bits per heavy atom. The van der Waals surface area contributed by atoms with Gasteiger partial charge in [0, 0.05) is 15.7 Å². The van der Waals surface area contributed by atoms with E-state index in [1.165, 1.54) is 6.08 Å². The number of halogens is 1. The molecule has 3 N–H and O–H groups in total. The van der Waals surface area contributed by atoms with Crippen molar-refractivity contribution in [2.75, 3.05) is 12.3 Å². The first-order valence-electron chi connectivity index (χ1n) is 7.79. The number of carbonyl (C=O) groups excluding carboxylic acids is 2. The monoisotopic (exact) mass is 415 g/mol. The molecule has 0 radical (unpaired) electrons. The number of nitrogens with zero attached hydrogens (tertiary/aromatic N) is 1. The summed E-state index contributed by atoms with van der Waals surface area (Å²) in [6, 6.07) is 5.32. The molecule has 0 unspecified atom stereocenters. The summed E-state index contributed by atoms with van der Waals surface area (Å²) in [6.07, 6.45) is 1.46. The standard InChI is InChI=1S/C18H14BrN3O4/c1-3-6-25-15(23)12-8(2)21-16(24)18(12)11-7-9(19)4-5-10(11)13-14(18)22-17(20)26-13/h3-5,7H,1,6H2,2H3,(H2,20,22)(H,21,24)/t18-/m0/s1. The van der Waals surface area contributed by atoms with E-state index < -0.39 is 17.3 Å². The molecule has 8 heteroatoms. The van der Waals surface area contributed by atoms with Crippen LogP contribution in [-0.2, 0) is 19.7 Å². The smallest absolute Gasteiger partial charge is 0.337 e. The Labute approximate surface area is 157 Å². The third-order valence-corrected chi connectivity index (χ3v) is 5.05. The number of hydrogen-bond acceptors (Lipinski definition) is 6. The summed E-state index contributed by atoms with van der Waals surface area (Å²) in [5, 5.41) is 2.74. The van der Waals surface area contributed by atoms with Crippen molar-refractivity contribution in [2.45, 2.75) is 12.3 Å². The first kappa shape index (κ1) is 16.6. The van der Waals surface area contributed by atoms with Crippen molar-refractivity contribution in [2.24, 2.45) is 0 Å². The highest BCUT2D eigenvalue weighted by atomic mass is 79.9. The van der Waals surface area contributed by atoms with Crippen LogP contribution in [0.1, 0.15) is 18.2 Å². The highest BCUT2D eigenvalue weighted by Gasteiger charge is 2.61. The lowest BCUT2D eigenvalue weighted by Gasteiger charge is -2.24. The van der Waals surface area contributed by atoms with E-state index in [2.05, 4.69) is 32.8 Å². The minimum atomic E-state index is -1.46. The van der Waals surface area contributed by atoms with Crippen LogP contribution in [0.25, 0.3) is 11.3 Å². The molecule has 132 valence electrons. The van der Waals surface area contributed by atoms with E-state index in [-0.39, 0.29) is 18.2 Å². The zero-order valence-corrected chi connectivity index (χ0v) is 15.3. The van der Waals surface area contributed by atoms with Crippen LogP contribution in [0.2, 0.25) is 0 Å². The number of oxazole rings is 1. The van der Waals surface area contributed by atoms with Crippen molar-refractivity contribution in [1.82, 2.24) is 10.3 Å². The second-order valence-corrected chi connectivity index (χ2v) is 6.93. The molecule has 1 atom stereocenters. The second kappa shape index (κ2) is 5.57. The average Bonchev–Trinajstić information content (AvgIpc) is 3.17. The predicted octanol–water partition coefficient (Wildman–Crippen LogP) is 2.42. The zero-order chi connectivity index (χ0) is 18.6. The quantitative estimate of drug-likeness (QED) is 0.588. The van der Waals surface area contributed by atoms with Gasteiger partial charge in [-0.1, -0.05) is 28.6 Å². The fourth-order valence-corrected chi connectivity index (χ4v) is 4.00. The number of benzene rings is 1. The molecule has 2 aliphatic rings. The van der Waals surface area contributed by atoms with Gasteiger partial charge in [0.15, 0.2) is 11.2 Å². The number of amides is 1. The van der Waals surface area contributed by atoms with Gasteiger partial charge in [0.1, 0.15) is 12.3 Å². The van der Waals surface area contributed by atoms with Gasteiger partial charge >= 0.3 is 5.97 Å². The van der Waals surface area contributed by atoms with Gasteiger partial charge in [0.25, 0.3) is 6.01 Å². The fraction of sp³-hybridized carbons (Fsp3) is 0.167. The third kappa shape index (κ3) is 1.96. The van der Waals surface area contributed by atoms with Crippen molar-refractivity contribution < 1.29 is 18.7 Å². The number of esters is 1. The second-order valence-electron chi connectivity index (χ2n) is 6.01. The van der Waals surface area contributed by atoms with Gasteiger partial charge in [-0.3, -0.25) is 4.79 Å². The first-order valence-corrected chi connectivity index (χ1v) is 8.58. The first-order chi connectivity index (χ1) is 12.4. The molecule has 2 aromatic rings. The molecule has 26 heavy (non-hydrogen) atoms. The highest BCUT2D eigenvalue weighted by molar-refractivity contribution is 9.10. The Morgan fingerprint density at radius 2 is 2.31 bits per heavy atom. The maximum Gasteiger partial charge on any atom is 0.337 e. The van der Waals surface area contributed by atoms with E-state index >= 15 is 0 Å². The molecule has 2 heterocycles. The molecule has 0 saturated carbocycles. The number of anilines is 1. The van der Waals surface area contributed by atoms with Gasteiger partial charge in [-0.15, -0.1) is 0 Å². The van der Waals surface area contributed by atoms with Gasteiger partial charge in [-0.2, -0.15) is 4.98 Å². The van der Waals surface area contributed by atoms with Crippen LogP contribution in [-0.4, -0.2) is 23.5 Å². The molecular formula is C18H14BrN3O4. The molecule has 0 saturated heterocycles. The van der Waals surface area contributed by atoms with Crippen molar-refractivity contribution in [1.29, 1.82) is 0 Å². The minimum absolute atomic E-state index is 0.0268. The lowest BCUT2D eigenvalue weighted by Crippen LogP contribution is -2.40. The van der Waals surface area contributed by atoms with E-state index in [4.69, 9.17) is 14.9 Å². The van der Waals surface area contributed by atoms with E-state index in [0.29, 0.717) is 28.3 Å². The number of aromatic nitrogens is 1. The van der Waals surface area contributed by atoms with Crippen molar-refractivity contribution in [3.8, 4) is 11.3 Å². The number of carbonyl (C=O) groups is 2. The normalized spacial score (nSPS) is 20.2. The van der Waals surface area contributed by atoms with E-state index in [9.17, 15) is 9.59 Å². The van der Waals surface area contributed by atoms with Gasteiger partial charge in [0.2, 0.25) is 5.91 Å². The average molecular weight is 416 g/mol. The number of allylic oxidation sites excluding steroid dienone is 1. The maximum absolute atomic E-state index is 13.1. The van der Waals surface area contributed by atoms with Crippen molar-refractivity contribution in [3.63, 3.8) is 0 Å². The summed E-state index contributed by atoms with van der Waals surface area (Å²) < 4.78 is 11.5. The van der Waals surface area contributed by atoms with Crippen LogP contribution >= 0.6 is 15.9 Å². The number of ether oxygens (including phenoxy) is 1. The van der Waals surface area contributed by atoms with E-state index in [0.717, 1.165) is 4.47 Å². The predicted molar refractivity (Wildman–Crippen MR) is 96.8 cm³/mol. The van der Waals surface area contributed by atoms with Crippen LogP contribution in [0, 0.1) is 0 Å². The number of hydrogen-bond donors (Lipinski definition) is 2. The molecule has 1 aromatic heterocycles. The third-order valence-electron chi connectivity index (χ3n) is 4.56. The Kier molecular flexibility index (Phi) is 3.55. The van der Waals surface area contributed by atoms with E-state index in [1.807, 2.05) is 6.07 Å². The minimum Gasteiger partial charge on any atom is -0.458 e. The summed E-state index contributed by atoms with van der Waals surface area (Å²) in [5.41, 5.74) is 6.41. The summed E-state index contributed by atoms with van der Waals surface area (Å²) >= 11 is 3.42. The van der Waals surface area contributed by atoms with Crippen molar-refractivity contribution >= 4 is 33.8 Å². The van der Waals surface area contributed by atoms with Crippen LogP contribution in [0.15, 0.2) is 51.0 Å². The van der Waals surface area contributed by atoms with Gasteiger partial charge < -0.3 is 20.2 Å². The lowest BCUT2D eigenvalue weighted by atomic mass is 9.75. The summed E-state index contributed by atoms with van der Waals surface area (Å²) in [4.78, 5) is 30.2. The molecular weight excluding hydrogens is 402 g/mol.